The van der Waals surface area contributed by atoms with E-state index in [9.17, 15) is 0 Å². The van der Waals surface area contributed by atoms with Crippen molar-refractivity contribution in [2.75, 3.05) is 11.9 Å². The van der Waals surface area contributed by atoms with Gasteiger partial charge in [-0.05, 0) is 25.0 Å². The van der Waals surface area contributed by atoms with Gasteiger partial charge in [-0.15, -0.1) is 0 Å². The van der Waals surface area contributed by atoms with Crippen molar-refractivity contribution in [1.82, 2.24) is 4.98 Å². The SMILES string of the molecule is CCNc1cc(C(C)C)nc2c(Cl)cccc12. The number of para-hydroxylation sites is 1. The second kappa shape index (κ2) is 4.92. The molecular formula is C14H17ClN2. The quantitative estimate of drug-likeness (QED) is 0.869. The number of anilines is 1. The minimum Gasteiger partial charge on any atom is -0.385 e. The summed E-state index contributed by atoms with van der Waals surface area (Å²) in [6, 6.07) is 8.02. The van der Waals surface area contributed by atoms with E-state index in [4.69, 9.17) is 11.6 Å². The molecule has 1 N–H and O–H groups in total. The Morgan fingerprint density at radius 3 is 2.76 bits per heavy atom. The van der Waals surface area contributed by atoms with Crippen LogP contribution in [0.2, 0.25) is 5.02 Å². The van der Waals surface area contributed by atoms with Gasteiger partial charge in [0, 0.05) is 23.3 Å². The molecule has 0 aliphatic carbocycles. The van der Waals surface area contributed by atoms with Crippen molar-refractivity contribution in [3.63, 3.8) is 0 Å². The molecule has 0 bridgehead atoms. The fourth-order valence-corrected chi connectivity index (χ4v) is 2.08. The third-order valence-corrected chi connectivity index (χ3v) is 3.07. The van der Waals surface area contributed by atoms with Gasteiger partial charge in [0.1, 0.15) is 0 Å². The fraction of sp³-hybridized carbons (Fsp3) is 0.357. The largest absolute Gasteiger partial charge is 0.385 e. The Kier molecular flexibility index (Phi) is 3.53. The van der Waals surface area contributed by atoms with Crippen LogP contribution in [0.1, 0.15) is 32.4 Å². The number of fused-ring (bicyclic) bond motifs is 1. The van der Waals surface area contributed by atoms with Gasteiger partial charge in [-0.3, -0.25) is 4.98 Å². The second-order valence-electron chi connectivity index (χ2n) is 4.42. The van der Waals surface area contributed by atoms with Gasteiger partial charge in [0.25, 0.3) is 0 Å². The van der Waals surface area contributed by atoms with Gasteiger partial charge in [-0.2, -0.15) is 0 Å². The minimum atomic E-state index is 0.396. The molecule has 0 amide bonds. The molecule has 1 heterocycles. The van der Waals surface area contributed by atoms with E-state index in [0.717, 1.165) is 28.8 Å². The van der Waals surface area contributed by atoms with Gasteiger partial charge in [0.2, 0.25) is 0 Å². The van der Waals surface area contributed by atoms with E-state index in [2.05, 4.69) is 43.2 Å². The average Bonchev–Trinajstić information content (AvgIpc) is 2.30. The summed E-state index contributed by atoms with van der Waals surface area (Å²) in [5.41, 5.74) is 3.07. The molecule has 1 aromatic heterocycles. The Balaban J connectivity index is 2.72. The lowest BCUT2D eigenvalue weighted by atomic mass is 10.1. The number of halogens is 1. The Labute approximate surface area is 107 Å². The van der Waals surface area contributed by atoms with E-state index < -0.39 is 0 Å². The summed E-state index contributed by atoms with van der Waals surface area (Å²) in [7, 11) is 0. The molecule has 0 aliphatic heterocycles. The molecule has 0 atom stereocenters. The number of nitrogens with zero attached hydrogens (tertiary/aromatic N) is 1. The smallest absolute Gasteiger partial charge is 0.0912 e. The molecule has 2 nitrogen and oxygen atoms in total. The summed E-state index contributed by atoms with van der Waals surface area (Å²) in [4.78, 5) is 4.65. The first-order chi connectivity index (χ1) is 8.13. The summed E-state index contributed by atoms with van der Waals surface area (Å²) < 4.78 is 0. The maximum absolute atomic E-state index is 6.22. The van der Waals surface area contributed by atoms with Crippen molar-refractivity contribution in [2.24, 2.45) is 0 Å². The first-order valence-electron chi connectivity index (χ1n) is 5.96. The van der Waals surface area contributed by atoms with E-state index in [0.29, 0.717) is 10.9 Å². The predicted octanol–water partition coefficient (Wildman–Crippen LogP) is 4.44. The zero-order valence-electron chi connectivity index (χ0n) is 10.4. The molecule has 2 rings (SSSR count). The molecule has 17 heavy (non-hydrogen) atoms. The third-order valence-electron chi connectivity index (χ3n) is 2.77. The van der Waals surface area contributed by atoms with Crippen LogP contribution in [0, 0.1) is 0 Å². The highest BCUT2D eigenvalue weighted by molar-refractivity contribution is 6.35. The Bertz CT molecular complexity index is 535. The van der Waals surface area contributed by atoms with Crippen LogP contribution in [0.15, 0.2) is 24.3 Å². The normalized spacial score (nSPS) is 11.1. The maximum Gasteiger partial charge on any atom is 0.0912 e. The van der Waals surface area contributed by atoms with E-state index in [1.54, 1.807) is 0 Å². The van der Waals surface area contributed by atoms with Crippen LogP contribution < -0.4 is 5.32 Å². The Morgan fingerprint density at radius 1 is 1.35 bits per heavy atom. The van der Waals surface area contributed by atoms with E-state index in [1.807, 2.05) is 12.1 Å². The van der Waals surface area contributed by atoms with Crippen molar-refractivity contribution in [1.29, 1.82) is 0 Å². The summed E-state index contributed by atoms with van der Waals surface area (Å²) in [6.07, 6.45) is 0. The molecule has 0 aliphatic rings. The van der Waals surface area contributed by atoms with Crippen molar-refractivity contribution in [3.8, 4) is 0 Å². The van der Waals surface area contributed by atoms with Crippen molar-refractivity contribution in [3.05, 3.63) is 35.0 Å². The number of pyridine rings is 1. The van der Waals surface area contributed by atoms with Crippen LogP contribution in [0.3, 0.4) is 0 Å². The van der Waals surface area contributed by atoms with E-state index >= 15 is 0 Å². The number of nitrogens with one attached hydrogen (secondary N) is 1. The first kappa shape index (κ1) is 12.2. The Morgan fingerprint density at radius 2 is 2.12 bits per heavy atom. The van der Waals surface area contributed by atoms with Crippen LogP contribution in [0.4, 0.5) is 5.69 Å². The lowest BCUT2D eigenvalue weighted by Gasteiger charge is -2.13. The molecule has 0 saturated carbocycles. The predicted molar refractivity (Wildman–Crippen MR) is 75.0 cm³/mol. The molecule has 0 radical (unpaired) electrons. The molecule has 0 fully saturated rings. The zero-order valence-corrected chi connectivity index (χ0v) is 11.2. The third kappa shape index (κ3) is 2.37. The van der Waals surface area contributed by atoms with Gasteiger partial charge in [-0.1, -0.05) is 37.6 Å². The summed E-state index contributed by atoms with van der Waals surface area (Å²) in [5, 5.41) is 5.17. The number of hydrogen-bond donors (Lipinski definition) is 1. The number of hydrogen-bond acceptors (Lipinski definition) is 2. The summed E-state index contributed by atoms with van der Waals surface area (Å²) in [6.45, 7) is 7.26. The first-order valence-corrected chi connectivity index (χ1v) is 6.34. The highest BCUT2D eigenvalue weighted by Gasteiger charge is 2.09. The molecule has 90 valence electrons. The molecule has 0 unspecified atom stereocenters. The van der Waals surface area contributed by atoms with Gasteiger partial charge in [-0.25, -0.2) is 0 Å². The Hall–Kier alpha value is -1.28. The summed E-state index contributed by atoms with van der Waals surface area (Å²) in [5.74, 6) is 0.396. The minimum absolute atomic E-state index is 0.396. The topological polar surface area (TPSA) is 24.9 Å². The van der Waals surface area contributed by atoms with Gasteiger partial charge >= 0.3 is 0 Å². The van der Waals surface area contributed by atoms with Crippen molar-refractivity contribution >= 4 is 28.2 Å². The van der Waals surface area contributed by atoms with Crippen LogP contribution in [-0.4, -0.2) is 11.5 Å². The van der Waals surface area contributed by atoms with E-state index in [1.165, 1.54) is 0 Å². The molecule has 0 saturated heterocycles. The van der Waals surface area contributed by atoms with Crippen molar-refractivity contribution < 1.29 is 0 Å². The standard InChI is InChI=1S/C14H17ClN2/c1-4-16-13-8-12(9(2)3)17-14-10(13)6-5-7-11(14)15/h5-9H,4H2,1-3H3,(H,16,17). The van der Waals surface area contributed by atoms with Gasteiger partial charge in [0.15, 0.2) is 0 Å². The monoisotopic (exact) mass is 248 g/mol. The molecular weight excluding hydrogens is 232 g/mol. The zero-order chi connectivity index (χ0) is 12.4. The van der Waals surface area contributed by atoms with Crippen LogP contribution in [0.5, 0.6) is 0 Å². The molecule has 1 aromatic carbocycles. The number of rotatable bonds is 3. The van der Waals surface area contributed by atoms with E-state index in [-0.39, 0.29) is 0 Å². The average molecular weight is 249 g/mol. The molecule has 0 spiro atoms. The van der Waals surface area contributed by atoms with Crippen LogP contribution in [0.25, 0.3) is 10.9 Å². The van der Waals surface area contributed by atoms with Crippen LogP contribution >= 0.6 is 11.6 Å². The number of benzene rings is 1. The van der Waals surface area contributed by atoms with Crippen molar-refractivity contribution in [2.45, 2.75) is 26.7 Å². The molecule has 2 aromatic rings. The van der Waals surface area contributed by atoms with Gasteiger partial charge < -0.3 is 5.32 Å². The second-order valence-corrected chi connectivity index (χ2v) is 4.82. The maximum atomic E-state index is 6.22. The fourth-order valence-electron chi connectivity index (χ4n) is 1.87. The van der Waals surface area contributed by atoms with Gasteiger partial charge in [0.05, 0.1) is 10.5 Å². The molecule has 3 heteroatoms. The lowest BCUT2D eigenvalue weighted by molar-refractivity contribution is 0.830. The number of aromatic nitrogens is 1. The lowest BCUT2D eigenvalue weighted by Crippen LogP contribution is -2.01. The highest BCUT2D eigenvalue weighted by Crippen LogP contribution is 2.30. The highest BCUT2D eigenvalue weighted by atomic mass is 35.5. The summed E-state index contributed by atoms with van der Waals surface area (Å²) >= 11 is 6.22. The van der Waals surface area contributed by atoms with Crippen LogP contribution in [-0.2, 0) is 0 Å².